The molecule has 0 N–H and O–H groups in total. The van der Waals surface area contributed by atoms with Gasteiger partial charge in [-0.15, -0.1) is 10.2 Å². The second-order valence-corrected chi connectivity index (χ2v) is 4.54. The second kappa shape index (κ2) is 3.46. The number of hydrogen-bond acceptors (Lipinski definition) is 4. The van der Waals surface area contributed by atoms with Crippen LogP contribution >= 0.6 is 11.3 Å². The number of piperidine rings is 1. The Bertz CT molecular complexity index is 318. The van der Waals surface area contributed by atoms with Crippen LogP contribution < -0.4 is 4.90 Å². The van der Waals surface area contributed by atoms with E-state index in [9.17, 15) is 0 Å². The first kappa shape index (κ1) is 8.69. The van der Waals surface area contributed by atoms with E-state index < -0.39 is 0 Å². The predicted octanol–water partition coefficient (Wildman–Crippen LogP) is 2.00. The van der Waals surface area contributed by atoms with Crippen LogP contribution in [0.25, 0.3) is 0 Å². The topological polar surface area (TPSA) is 29.0 Å². The Morgan fingerprint density at radius 3 is 2.92 bits per heavy atom. The third kappa shape index (κ3) is 1.88. The van der Waals surface area contributed by atoms with Gasteiger partial charge >= 0.3 is 0 Å². The average Bonchev–Trinajstić information content (AvgIpc) is 2.52. The molecule has 0 aliphatic carbocycles. The quantitative estimate of drug-likeness (QED) is 0.642. The van der Waals surface area contributed by atoms with Gasteiger partial charge in [-0.05, 0) is 19.8 Å². The predicted molar refractivity (Wildman–Crippen MR) is 55.2 cm³/mol. The van der Waals surface area contributed by atoms with Gasteiger partial charge in [0.1, 0.15) is 5.01 Å². The Morgan fingerprint density at radius 2 is 2.31 bits per heavy atom. The van der Waals surface area contributed by atoms with Crippen molar-refractivity contribution in [3.05, 3.63) is 17.2 Å². The molecule has 1 aromatic heterocycles. The molecule has 4 heteroatoms. The lowest BCUT2D eigenvalue weighted by atomic mass is 10.1. The number of aromatic nitrogens is 2. The average molecular weight is 195 g/mol. The van der Waals surface area contributed by atoms with Gasteiger partial charge in [0.15, 0.2) is 0 Å². The smallest absolute Gasteiger partial charge is 0.208 e. The first-order valence-electron chi connectivity index (χ1n) is 4.47. The van der Waals surface area contributed by atoms with Crippen molar-refractivity contribution in [2.24, 2.45) is 0 Å². The van der Waals surface area contributed by atoms with Crippen molar-refractivity contribution < 1.29 is 0 Å². The number of hydrogen-bond donors (Lipinski definition) is 0. The third-order valence-electron chi connectivity index (χ3n) is 2.16. The first-order valence-corrected chi connectivity index (χ1v) is 5.29. The van der Waals surface area contributed by atoms with Crippen LogP contribution in [0.3, 0.4) is 0 Å². The van der Waals surface area contributed by atoms with Crippen molar-refractivity contribution in [1.29, 1.82) is 0 Å². The molecule has 1 saturated heterocycles. The maximum absolute atomic E-state index is 4.13. The molecule has 0 bridgehead atoms. The van der Waals surface area contributed by atoms with Crippen molar-refractivity contribution >= 4 is 16.5 Å². The normalized spacial score (nSPS) is 17.9. The molecule has 2 heterocycles. The summed E-state index contributed by atoms with van der Waals surface area (Å²) >= 11 is 1.66. The van der Waals surface area contributed by atoms with Gasteiger partial charge in [-0.1, -0.05) is 23.5 Å². The molecule has 0 aromatic carbocycles. The molecule has 0 spiro atoms. The highest BCUT2D eigenvalue weighted by atomic mass is 32.1. The van der Waals surface area contributed by atoms with Gasteiger partial charge in [0.25, 0.3) is 0 Å². The van der Waals surface area contributed by atoms with E-state index in [2.05, 4.69) is 21.7 Å². The molecule has 0 radical (unpaired) electrons. The standard InChI is InChI=1S/C9H13N3S/c1-7-4-3-5-12(6-7)9-11-10-8(2)13-9/h1,3-6H2,2H3. The summed E-state index contributed by atoms with van der Waals surface area (Å²) in [6.45, 7) is 8.04. The Kier molecular flexibility index (Phi) is 2.31. The summed E-state index contributed by atoms with van der Waals surface area (Å²) in [7, 11) is 0. The minimum Gasteiger partial charge on any atom is -0.343 e. The first-order chi connectivity index (χ1) is 6.25. The molecule has 1 aliphatic heterocycles. The van der Waals surface area contributed by atoms with Crippen molar-refractivity contribution in [3.8, 4) is 0 Å². The zero-order chi connectivity index (χ0) is 9.26. The molecular weight excluding hydrogens is 182 g/mol. The van der Waals surface area contributed by atoms with Crippen molar-refractivity contribution in [3.63, 3.8) is 0 Å². The highest BCUT2D eigenvalue weighted by Crippen LogP contribution is 2.24. The van der Waals surface area contributed by atoms with Crippen LogP contribution in [-0.2, 0) is 0 Å². The van der Waals surface area contributed by atoms with Crippen molar-refractivity contribution in [1.82, 2.24) is 10.2 Å². The Morgan fingerprint density at radius 1 is 1.46 bits per heavy atom. The molecule has 1 aliphatic rings. The van der Waals surface area contributed by atoms with Crippen LogP contribution in [0, 0.1) is 6.92 Å². The Balaban J connectivity index is 2.12. The lowest BCUT2D eigenvalue weighted by Gasteiger charge is -2.27. The molecule has 0 unspecified atom stereocenters. The van der Waals surface area contributed by atoms with E-state index in [-0.39, 0.29) is 0 Å². The summed E-state index contributed by atoms with van der Waals surface area (Å²) < 4.78 is 0. The monoisotopic (exact) mass is 195 g/mol. The lowest BCUT2D eigenvalue weighted by molar-refractivity contribution is 0.675. The van der Waals surface area contributed by atoms with E-state index >= 15 is 0 Å². The maximum Gasteiger partial charge on any atom is 0.208 e. The lowest BCUT2D eigenvalue weighted by Crippen LogP contribution is -2.30. The van der Waals surface area contributed by atoms with E-state index in [1.54, 1.807) is 11.3 Å². The molecule has 1 aromatic rings. The largest absolute Gasteiger partial charge is 0.343 e. The fraction of sp³-hybridized carbons (Fsp3) is 0.556. The number of nitrogens with zero attached hydrogens (tertiary/aromatic N) is 3. The fourth-order valence-corrected chi connectivity index (χ4v) is 2.24. The molecule has 70 valence electrons. The van der Waals surface area contributed by atoms with Gasteiger partial charge in [-0.3, -0.25) is 0 Å². The van der Waals surface area contributed by atoms with Gasteiger partial charge in [-0.25, -0.2) is 0 Å². The van der Waals surface area contributed by atoms with E-state index in [1.165, 1.54) is 12.0 Å². The SMILES string of the molecule is C=C1CCCN(c2nnc(C)s2)C1. The van der Waals surface area contributed by atoms with Gasteiger partial charge in [-0.2, -0.15) is 0 Å². The summed E-state index contributed by atoms with van der Waals surface area (Å²) in [5.41, 5.74) is 1.30. The number of rotatable bonds is 1. The van der Waals surface area contributed by atoms with Gasteiger partial charge in [0.05, 0.1) is 0 Å². The van der Waals surface area contributed by atoms with Gasteiger partial charge in [0.2, 0.25) is 5.13 Å². The molecule has 1 fully saturated rings. The van der Waals surface area contributed by atoms with E-state index in [0.717, 1.165) is 29.6 Å². The Hall–Kier alpha value is -0.900. The molecule has 0 atom stereocenters. The molecule has 13 heavy (non-hydrogen) atoms. The zero-order valence-corrected chi connectivity index (χ0v) is 8.60. The maximum atomic E-state index is 4.13. The number of aryl methyl sites for hydroxylation is 1. The number of anilines is 1. The second-order valence-electron chi connectivity index (χ2n) is 3.38. The fourth-order valence-electron chi connectivity index (χ4n) is 1.53. The van der Waals surface area contributed by atoms with Crippen LogP contribution in [0.1, 0.15) is 17.8 Å². The third-order valence-corrected chi connectivity index (χ3v) is 3.06. The highest BCUT2D eigenvalue weighted by molar-refractivity contribution is 7.15. The highest BCUT2D eigenvalue weighted by Gasteiger charge is 2.16. The van der Waals surface area contributed by atoms with Gasteiger partial charge in [0, 0.05) is 13.1 Å². The summed E-state index contributed by atoms with van der Waals surface area (Å²) in [4.78, 5) is 2.26. The molecule has 0 amide bonds. The van der Waals surface area contributed by atoms with Crippen LogP contribution in [-0.4, -0.2) is 23.3 Å². The summed E-state index contributed by atoms with van der Waals surface area (Å²) in [5.74, 6) is 0. The van der Waals surface area contributed by atoms with Crippen LogP contribution in [0.15, 0.2) is 12.2 Å². The molecule has 0 saturated carbocycles. The van der Waals surface area contributed by atoms with E-state index in [1.807, 2.05) is 6.92 Å². The molecule has 3 nitrogen and oxygen atoms in total. The Labute approximate surface area is 82.1 Å². The molecular formula is C9H13N3S. The van der Waals surface area contributed by atoms with Crippen LogP contribution in [0.4, 0.5) is 5.13 Å². The summed E-state index contributed by atoms with van der Waals surface area (Å²) in [5, 5.41) is 10.2. The van der Waals surface area contributed by atoms with E-state index in [4.69, 9.17) is 0 Å². The minimum absolute atomic E-state index is 0.953. The van der Waals surface area contributed by atoms with Crippen LogP contribution in [0.5, 0.6) is 0 Å². The zero-order valence-electron chi connectivity index (χ0n) is 7.79. The van der Waals surface area contributed by atoms with Crippen molar-refractivity contribution in [2.45, 2.75) is 19.8 Å². The summed E-state index contributed by atoms with van der Waals surface area (Å²) in [6.07, 6.45) is 2.35. The van der Waals surface area contributed by atoms with Crippen LogP contribution in [0.2, 0.25) is 0 Å². The summed E-state index contributed by atoms with van der Waals surface area (Å²) in [6, 6.07) is 0. The van der Waals surface area contributed by atoms with Gasteiger partial charge < -0.3 is 4.90 Å². The van der Waals surface area contributed by atoms with E-state index in [0.29, 0.717) is 0 Å². The minimum atomic E-state index is 0.953. The molecule has 2 rings (SSSR count). The van der Waals surface area contributed by atoms with Crippen molar-refractivity contribution in [2.75, 3.05) is 18.0 Å².